The van der Waals surface area contributed by atoms with Crippen LogP contribution >= 0.6 is 0 Å². The van der Waals surface area contributed by atoms with Crippen LogP contribution in [0.4, 0.5) is 5.69 Å². The second-order valence-electron chi connectivity index (χ2n) is 8.21. The van der Waals surface area contributed by atoms with Crippen molar-refractivity contribution in [1.82, 2.24) is 5.48 Å². The lowest BCUT2D eigenvalue weighted by molar-refractivity contribution is -0.143. The van der Waals surface area contributed by atoms with Gasteiger partial charge in [-0.2, -0.15) is 0 Å². The van der Waals surface area contributed by atoms with E-state index in [0.29, 0.717) is 31.6 Å². The van der Waals surface area contributed by atoms with Gasteiger partial charge in [0.25, 0.3) is 0 Å². The van der Waals surface area contributed by atoms with Gasteiger partial charge in [0, 0.05) is 18.5 Å². The van der Waals surface area contributed by atoms with Crippen LogP contribution in [0.25, 0.3) is 0 Å². The van der Waals surface area contributed by atoms with Crippen LogP contribution in [0.3, 0.4) is 0 Å². The first-order chi connectivity index (χ1) is 15.5. The van der Waals surface area contributed by atoms with Crippen LogP contribution in [-0.4, -0.2) is 29.6 Å². The fourth-order valence-electron chi connectivity index (χ4n) is 3.37. The van der Waals surface area contributed by atoms with E-state index in [1.165, 1.54) is 32.1 Å². The molecule has 0 saturated carbocycles. The van der Waals surface area contributed by atoms with Gasteiger partial charge in [-0.3, -0.25) is 19.6 Å². The van der Waals surface area contributed by atoms with E-state index >= 15 is 0 Å². The van der Waals surface area contributed by atoms with E-state index < -0.39 is 0 Å². The van der Waals surface area contributed by atoms with E-state index in [4.69, 9.17) is 9.94 Å². The summed E-state index contributed by atoms with van der Waals surface area (Å²) in [5.74, 6) is -0.656. The monoisotopic (exact) mass is 448 g/mol. The topological polar surface area (TPSA) is 105 Å². The molecule has 3 N–H and O–H groups in total. The van der Waals surface area contributed by atoms with Crippen molar-refractivity contribution < 1.29 is 24.3 Å². The quantitative estimate of drug-likeness (QED) is 0.122. The molecular formula is C25H40N2O5. The minimum Gasteiger partial charge on any atom is -0.465 e. The van der Waals surface area contributed by atoms with Crippen molar-refractivity contribution in [3.8, 4) is 0 Å². The van der Waals surface area contributed by atoms with Crippen molar-refractivity contribution in [2.45, 2.75) is 96.8 Å². The molecule has 7 heteroatoms. The standard InChI is InChI=1S/C25H40N2O5/c1-2-3-4-5-6-9-12-19-32-25(30)20-21-15-17-22(18-16-21)26-23(28)13-10-7-8-11-14-24(29)27-31/h15-18,31H,2-14,19-20H2,1H3,(H,26,28)(H,27,29). The summed E-state index contributed by atoms with van der Waals surface area (Å²) in [6.45, 7) is 2.69. The number of carbonyl (C=O) groups excluding carboxylic acids is 3. The van der Waals surface area contributed by atoms with E-state index in [2.05, 4.69) is 12.2 Å². The van der Waals surface area contributed by atoms with Crippen LogP contribution in [0, 0.1) is 0 Å². The Kier molecular flexibility index (Phi) is 15.7. The summed E-state index contributed by atoms with van der Waals surface area (Å²) in [5, 5.41) is 11.3. The Balaban J connectivity index is 2.13. The molecule has 1 rings (SSSR count). The van der Waals surface area contributed by atoms with Gasteiger partial charge >= 0.3 is 5.97 Å². The first-order valence-electron chi connectivity index (χ1n) is 12.0. The summed E-state index contributed by atoms with van der Waals surface area (Å²) >= 11 is 0. The van der Waals surface area contributed by atoms with Crippen LogP contribution in [0.15, 0.2) is 24.3 Å². The number of amides is 2. The molecule has 0 spiro atoms. The Morgan fingerprint density at radius 1 is 0.781 bits per heavy atom. The number of benzene rings is 1. The van der Waals surface area contributed by atoms with Crippen molar-refractivity contribution >= 4 is 23.5 Å². The van der Waals surface area contributed by atoms with Crippen molar-refractivity contribution in [1.29, 1.82) is 0 Å². The highest BCUT2D eigenvalue weighted by Gasteiger charge is 2.07. The Morgan fingerprint density at radius 3 is 1.97 bits per heavy atom. The maximum Gasteiger partial charge on any atom is 0.310 e. The average molecular weight is 449 g/mol. The summed E-state index contributed by atoms with van der Waals surface area (Å²) in [6, 6.07) is 7.25. The third kappa shape index (κ3) is 14.6. The second kappa shape index (κ2) is 18.2. The molecule has 0 heterocycles. The SMILES string of the molecule is CCCCCCCCCOC(=O)Cc1ccc(NC(=O)CCCCCCC(=O)NO)cc1. The zero-order valence-electron chi connectivity index (χ0n) is 19.5. The molecule has 1 aromatic carbocycles. The molecule has 0 radical (unpaired) electrons. The fourth-order valence-corrected chi connectivity index (χ4v) is 3.37. The van der Waals surface area contributed by atoms with Crippen LogP contribution in [0.5, 0.6) is 0 Å². The molecule has 0 atom stereocenters. The number of carbonyl (C=O) groups is 3. The second-order valence-corrected chi connectivity index (χ2v) is 8.21. The number of ether oxygens (including phenoxy) is 1. The summed E-state index contributed by atoms with van der Waals surface area (Å²) in [6.07, 6.45) is 12.4. The highest BCUT2D eigenvalue weighted by Crippen LogP contribution is 2.13. The molecule has 2 amide bonds. The maximum absolute atomic E-state index is 12.0. The van der Waals surface area contributed by atoms with Gasteiger partial charge in [0.2, 0.25) is 11.8 Å². The molecule has 0 aliphatic rings. The number of anilines is 1. The van der Waals surface area contributed by atoms with E-state index in [0.717, 1.165) is 37.7 Å². The zero-order chi connectivity index (χ0) is 23.4. The maximum atomic E-state index is 12.0. The Morgan fingerprint density at radius 2 is 1.34 bits per heavy atom. The summed E-state index contributed by atoms with van der Waals surface area (Å²) in [4.78, 5) is 34.9. The molecule has 0 fully saturated rings. The minimum atomic E-state index is -0.382. The summed E-state index contributed by atoms with van der Waals surface area (Å²) in [7, 11) is 0. The van der Waals surface area contributed by atoms with Gasteiger partial charge in [-0.25, -0.2) is 5.48 Å². The minimum absolute atomic E-state index is 0.0556. The average Bonchev–Trinajstić information content (AvgIpc) is 2.79. The predicted octanol–water partition coefficient (Wildman–Crippen LogP) is 5.31. The molecule has 0 saturated heterocycles. The third-order valence-electron chi connectivity index (χ3n) is 5.28. The van der Waals surface area contributed by atoms with Gasteiger partial charge < -0.3 is 10.1 Å². The molecule has 0 unspecified atom stereocenters. The lowest BCUT2D eigenvalue weighted by atomic mass is 10.1. The van der Waals surface area contributed by atoms with E-state index in [1.54, 1.807) is 17.6 Å². The van der Waals surface area contributed by atoms with Crippen LogP contribution in [0.2, 0.25) is 0 Å². The number of nitrogens with one attached hydrogen (secondary N) is 2. The van der Waals surface area contributed by atoms with Crippen LogP contribution < -0.4 is 10.8 Å². The first kappa shape index (κ1) is 27.6. The Hall–Kier alpha value is -2.41. The molecule has 1 aromatic rings. The molecule has 0 aliphatic heterocycles. The molecule has 32 heavy (non-hydrogen) atoms. The molecule has 0 aliphatic carbocycles. The number of unbranched alkanes of at least 4 members (excludes halogenated alkanes) is 9. The van der Waals surface area contributed by atoms with Gasteiger partial charge in [0.15, 0.2) is 0 Å². The zero-order valence-corrected chi connectivity index (χ0v) is 19.5. The van der Waals surface area contributed by atoms with Gasteiger partial charge in [0.1, 0.15) is 0 Å². The van der Waals surface area contributed by atoms with Crippen LogP contribution in [0.1, 0.15) is 96.0 Å². The number of esters is 1. The number of hydrogen-bond acceptors (Lipinski definition) is 5. The first-order valence-corrected chi connectivity index (χ1v) is 12.0. The smallest absolute Gasteiger partial charge is 0.310 e. The van der Waals surface area contributed by atoms with Gasteiger partial charge in [-0.1, -0.05) is 70.4 Å². The van der Waals surface area contributed by atoms with Gasteiger partial charge in [-0.15, -0.1) is 0 Å². The lowest BCUT2D eigenvalue weighted by Crippen LogP contribution is -2.17. The molecular weight excluding hydrogens is 408 g/mol. The van der Waals surface area contributed by atoms with E-state index in [9.17, 15) is 14.4 Å². The highest BCUT2D eigenvalue weighted by atomic mass is 16.5. The van der Waals surface area contributed by atoms with Gasteiger partial charge in [0.05, 0.1) is 13.0 Å². The predicted molar refractivity (Wildman–Crippen MR) is 125 cm³/mol. The van der Waals surface area contributed by atoms with Crippen molar-refractivity contribution in [3.63, 3.8) is 0 Å². The summed E-state index contributed by atoms with van der Waals surface area (Å²) < 4.78 is 5.32. The third-order valence-corrected chi connectivity index (χ3v) is 5.28. The van der Waals surface area contributed by atoms with E-state index in [-0.39, 0.29) is 24.2 Å². The fraction of sp³-hybridized carbons (Fsp3) is 0.640. The van der Waals surface area contributed by atoms with Crippen molar-refractivity contribution in [3.05, 3.63) is 29.8 Å². The number of hydrogen-bond donors (Lipinski definition) is 3. The lowest BCUT2D eigenvalue weighted by Gasteiger charge is -2.08. The molecule has 7 nitrogen and oxygen atoms in total. The highest BCUT2D eigenvalue weighted by molar-refractivity contribution is 5.90. The van der Waals surface area contributed by atoms with E-state index in [1.807, 2.05) is 12.1 Å². The molecule has 180 valence electrons. The normalized spacial score (nSPS) is 10.6. The molecule has 0 bridgehead atoms. The number of rotatable bonds is 18. The summed E-state index contributed by atoms with van der Waals surface area (Å²) in [5.41, 5.74) is 3.17. The Labute approximate surface area is 192 Å². The largest absolute Gasteiger partial charge is 0.465 e. The molecule has 0 aromatic heterocycles. The Bertz CT molecular complexity index is 661. The van der Waals surface area contributed by atoms with Crippen molar-refractivity contribution in [2.75, 3.05) is 11.9 Å². The number of hydroxylamine groups is 1. The van der Waals surface area contributed by atoms with Gasteiger partial charge in [-0.05, 0) is 37.0 Å². The van der Waals surface area contributed by atoms with Crippen LogP contribution in [-0.2, 0) is 25.5 Å². The van der Waals surface area contributed by atoms with Crippen molar-refractivity contribution in [2.24, 2.45) is 0 Å².